The zero-order valence-corrected chi connectivity index (χ0v) is 24.8. The number of phenols is 1. The number of aromatic hydroxyl groups is 1. The Morgan fingerprint density at radius 2 is 1.88 bits per heavy atom. The minimum Gasteiger partial charge on any atom is -0.508 e. The van der Waals surface area contributed by atoms with Gasteiger partial charge in [-0.05, 0) is 109 Å². The third-order valence-electron chi connectivity index (χ3n) is 8.40. The molecule has 0 aliphatic carbocycles. The Hall–Kier alpha value is -3.29. The average Bonchev–Trinajstić information content (AvgIpc) is 3.50. The van der Waals surface area contributed by atoms with Gasteiger partial charge >= 0.3 is 0 Å². The molecular weight excluding hydrogens is 535 g/mol. The average molecular weight is 573 g/mol. The van der Waals surface area contributed by atoms with Crippen LogP contribution in [0.1, 0.15) is 55.9 Å². The Bertz CT molecular complexity index is 1500. The molecule has 0 aromatic heterocycles. The lowest BCUT2D eigenvalue weighted by Gasteiger charge is -2.31. The Labute approximate surface area is 246 Å². The minimum atomic E-state index is -0.275. The normalized spacial score (nSPS) is 19.8. The number of alkyl halides is 1. The molecule has 214 valence electrons. The van der Waals surface area contributed by atoms with Crippen molar-refractivity contribution in [2.24, 2.45) is 0 Å². The number of likely N-dealkylation sites (tertiary alicyclic amines) is 1. The van der Waals surface area contributed by atoms with Crippen LogP contribution in [-0.2, 0) is 11.2 Å². The monoisotopic (exact) mass is 572 g/mol. The lowest BCUT2D eigenvalue weighted by Crippen LogP contribution is -2.44. The number of carbonyl (C=O) groups is 1. The lowest BCUT2D eigenvalue weighted by molar-refractivity contribution is -0.117. The number of phenolic OH excluding ortho intramolecular Hbond substituents is 1. The van der Waals surface area contributed by atoms with E-state index in [0.717, 1.165) is 76.8 Å². The van der Waals surface area contributed by atoms with Gasteiger partial charge in [0.1, 0.15) is 17.6 Å². The van der Waals surface area contributed by atoms with Gasteiger partial charge < -0.3 is 14.7 Å². The number of hydrogen-bond acceptors (Lipinski definition) is 5. The van der Waals surface area contributed by atoms with Gasteiger partial charge in [0.2, 0.25) is 5.91 Å². The van der Waals surface area contributed by atoms with Gasteiger partial charge in [-0.25, -0.2) is 0 Å². The van der Waals surface area contributed by atoms with E-state index in [1.165, 1.54) is 11.1 Å². The number of anilines is 1. The van der Waals surface area contributed by atoms with Gasteiger partial charge in [0.05, 0.1) is 6.67 Å². The number of thioether (sulfide) groups is 1. The van der Waals surface area contributed by atoms with Crippen molar-refractivity contribution in [3.8, 4) is 11.5 Å². The van der Waals surface area contributed by atoms with Crippen LogP contribution < -0.4 is 9.64 Å². The summed E-state index contributed by atoms with van der Waals surface area (Å²) in [6.45, 7) is 8.17. The maximum Gasteiger partial charge on any atom is 0.224 e. The molecule has 1 saturated heterocycles. The van der Waals surface area contributed by atoms with Crippen LogP contribution in [0.3, 0.4) is 0 Å². The topological polar surface area (TPSA) is 53.0 Å². The second-order valence-corrected chi connectivity index (χ2v) is 12.9. The first-order valence-electron chi connectivity index (χ1n) is 14.4. The van der Waals surface area contributed by atoms with Crippen molar-refractivity contribution in [2.45, 2.75) is 56.6 Å². The molecule has 0 unspecified atom stereocenters. The Kier molecular flexibility index (Phi) is 7.60. The van der Waals surface area contributed by atoms with Crippen molar-refractivity contribution < 1.29 is 19.0 Å². The summed E-state index contributed by atoms with van der Waals surface area (Å²) in [6, 6.07) is 20.4. The second kappa shape index (κ2) is 11.2. The number of fused-ring (bicyclic) bond motifs is 2. The van der Waals surface area contributed by atoms with Crippen LogP contribution in [-0.4, -0.2) is 59.6 Å². The highest BCUT2D eigenvalue weighted by molar-refractivity contribution is 7.99. The Morgan fingerprint density at radius 1 is 1.10 bits per heavy atom. The summed E-state index contributed by atoms with van der Waals surface area (Å²) in [4.78, 5) is 17.7. The zero-order chi connectivity index (χ0) is 28.7. The van der Waals surface area contributed by atoms with E-state index >= 15 is 0 Å². The number of ether oxygens (including phenoxy) is 1. The molecule has 0 saturated carbocycles. The second-order valence-electron chi connectivity index (χ2n) is 11.9. The zero-order valence-electron chi connectivity index (χ0n) is 24.0. The van der Waals surface area contributed by atoms with Gasteiger partial charge in [-0.3, -0.25) is 14.1 Å². The van der Waals surface area contributed by atoms with Gasteiger partial charge in [-0.1, -0.05) is 18.2 Å². The highest BCUT2D eigenvalue weighted by Crippen LogP contribution is 2.47. The fourth-order valence-electron chi connectivity index (χ4n) is 6.65. The van der Waals surface area contributed by atoms with Gasteiger partial charge in [-0.15, -0.1) is 11.8 Å². The largest absolute Gasteiger partial charge is 0.508 e. The van der Waals surface area contributed by atoms with Crippen LogP contribution in [0.15, 0.2) is 65.6 Å². The highest BCUT2D eigenvalue weighted by atomic mass is 32.2. The first kappa shape index (κ1) is 27.9. The molecular formula is C34H37FN2O3S. The van der Waals surface area contributed by atoms with Gasteiger partial charge in [0.15, 0.2) is 0 Å². The maximum atomic E-state index is 12.6. The summed E-state index contributed by atoms with van der Waals surface area (Å²) in [5, 5.41) is 10.2. The smallest absolute Gasteiger partial charge is 0.224 e. The van der Waals surface area contributed by atoms with E-state index in [1.807, 2.05) is 29.2 Å². The molecule has 3 aromatic rings. The number of hydrogen-bond donors (Lipinski definition) is 1. The first-order chi connectivity index (χ1) is 19.7. The molecule has 3 aliphatic rings. The number of amides is 1. The predicted molar refractivity (Wildman–Crippen MR) is 165 cm³/mol. The van der Waals surface area contributed by atoms with Crippen LogP contribution >= 0.6 is 11.8 Å². The summed E-state index contributed by atoms with van der Waals surface area (Å²) in [7, 11) is 0. The quantitative estimate of drug-likeness (QED) is 0.332. The van der Waals surface area contributed by atoms with Crippen LogP contribution in [0.5, 0.6) is 11.5 Å². The van der Waals surface area contributed by atoms with E-state index in [4.69, 9.17) is 4.74 Å². The van der Waals surface area contributed by atoms with E-state index in [9.17, 15) is 14.3 Å². The minimum absolute atomic E-state index is 0.0655. The predicted octanol–water partition coefficient (Wildman–Crippen LogP) is 6.96. The van der Waals surface area contributed by atoms with Crippen LogP contribution in [0.4, 0.5) is 10.1 Å². The third kappa shape index (κ3) is 5.50. The molecule has 6 rings (SSSR count). The van der Waals surface area contributed by atoms with E-state index in [2.05, 4.69) is 49.1 Å². The van der Waals surface area contributed by atoms with Crippen LogP contribution in [0.25, 0.3) is 11.1 Å². The first-order valence-corrected chi connectivity index (χ1v) is 15.4. The molecule has 1 fully saturated rings. The van der Waals surface area contributed by atoms with Crippen molar-refractivity contribution in [3.05, 3.63) is 82.9 Å². The molecule has 0 spiro atoms. The molecule has 7 heteroatoms. The van der Waals surface area contributed by atoms with E-state index in [1.54, 1.807) is 24.8 Å². The highest BCUT2D eigenvalue weighted by Gasteiger charge is 2.38. The molecule has 1 amide bonds. The number of rotatable bonds is 7. The number of nitrogens with zero attached hydrogens (tertiary/aromatic N) is 2. The molecule has 1 atom stereocenters. The molecule has 0 bridgehead atoms. The molecule has 0 radical (unpaired) electrons. The summed E-state index contributed by atoms with van der Waals surface area (Å²) < 4.78 is 18.9. The van der Waals surface area contributed by atoms with Crippen LogP contribution in [0.2, 0.25) is 0 Å². The third-order valence-corrected chi connectivity index (χ3v) is 9.49. The Balaban J connectivity index is 1.34. The molecule has 3 heterocycles. The SMILES string of the molecule is CC(=O)N1c2ccc(C3=C(c4ccc(O[C@H]5CCN(CCCF)C5)cc4)c4ccc(O)cc4SC3)cc2CC1(C)C. The van der Waals surface area contributed by atoms with Crippen molar-refractivity contribution in [3.63, 3.8) is 0 Å². The van der Waals surface area contributed by atoms with E-state index < -0.39 is 0 Å². The molecule has 3 aliphatic heterocycles. The standard InChI is InChI=1S/C34H37FN2O3S/c1-22(38)37-31-12-7-24(17-25(31)19-34(37,2)3)30-21-41-32-18-26(39)8-11-29(32)33(30)23-5-9-27(10-6-23)40-28-13-16-36(20-28)15-4-14-35/h5-12,17-18,28,39H,4,13-16,19-21H2,1-3H3/t28-/m0/s1. The van der Waals surface area contributed by atoms with Gasteiger partial charge in [-0.2, -0.15) is 0 Å². The lowest BCUT2D eigenvalue weighted by atomic mass is 9.88. The van der Waals surface area contributed by atoms with Crippen molar-refractivity contribution >= 4 is 34.5 Å². The molecule has 5 nitrogen and oxygen atoms in total. The van der Waals surface area contributed by atoms with E-state index in [-0.39, 0.29) is 30.0 Å². The van der Waals surface area contributed by atoms with Crippen molar-refractivity contribution in [1.29, 1.82) is 0 Å². The van der Waals surface area contributed by atoms with Crippen molar-refractivity contribution in [1.82, 2.24) is 4.90 Å². The van der Waals surface area contributed by atoms with Gasteiger partial charge in [0, 0.05) is 48.4 Å². The summed E-state index contributed by atoms with van der Waals surface area (Å²) >= 11 is 1.74. The summed E-state index contributed by atoms with van der Waals surface area (Å²) in [6.07, 6.45) is 2.46. The van der Waals surface area contributed by atoms with E-state index in [0.29, 0.717) is 6.42 Å². The fraction of sp³-hybridized carbons (Fsp3) is 0.382. The molecule has 41 heavy (non-hydrogen) atoms. The van der Waals surface area contributed by atoms with Crippen molar-refractivity contribution in [2.75, 3.05) is 37.0 Å². The van der Waals surface area contributed by atoms with Gasteiger partial charge in [0.25, 0.3) is 0 Å². The fourth-order valence-corrected chi connectivity index (χ4v) is 7.79. The molecule has 1 N–H and O–H groups in total. The molecule has 3 aromatic carbocycles. The summed E-state index contributed by atoms with van der Waals surface area (Å²) in [5.74, 6) is 1.95. The van der Waals surface area contributed by atoms with Crippen LogP contribution in [0, 0.1) is 0 Å². The Morgan fingerprint density at radius 3 is 2.63 bits per heavy atom. The number of halogens is 1. The number of carbonyl (C=O) groups excluding carboxylic acids is 1. The number of benzene rings is 3. The summed E-state index contributed by atoms with van der Waals surface area (Å²) in [5.41, 5.74) is 7.69. The maximum absolute atomic E-state index is 12.6.